The van der Waals surface area contributed by atoms with E-state index in [2.05, 4.69) is 15.6 Å². The smallest absolute Gasteiger partial charge is 0.257 e. The molecular formula is C26H25N3O5S. The van der Waals surface area contributed by atoms with Crippen LogP contribution in [0.15, 0.2) is 65.1 Å². The van der Waals surface area contributed by atoms with Crippen LogP contribution in [0.25, 0.3) is 22.6 Å². The van der Waals surface area contributed by atoms with Crippen molar-refractivity contribution in [2.45, 2.75) is 13.3 Å². The molecule has 180 valence electrons. The fourth-order valence-electron chi connectivity index (χ4n) is 3.36. The lowest BCUT2D eigenvalue weighted by Gasteiger charge is -2.10. The van der Waals surface area contributed by atoms with Crippen LogP contribution >= 0.6 is 12.2 Å². The van der Waals surface area contributed by atoms with Gasteiger partial charge in [-0.1, -0.05) is 6.92 Å². The maximum Gasteiger partial charge on any atom is 0.257 e. The fraction of sp³-hybridized carbons (Fsp3) is 0.192. The number of nitrogens with one attached hydrogen (secondary N) is 2. The van der Waals surface area contributed by atoms with Gasteiger partial charge in [0.2, 0.25) is 5.89 Å². The highest BCUT2D eigenvalue weighted by Gasteiger charge is 2.13. The third-order valence-corrected chi connectivity index (χ3v) is 5.30. The first-order valence-electron chi connectivity index (χ1n) is 11.0. The number of aromatic nitrogens is 1. The van der Waals surface area contributed by atoms with Gasteiger partial charge in [0.1, 0.15) is 11.3 Å². The number of fused-ring (bicyclic) bond motifs is 1. The summed E-state index contributed by atoms with van der Waals surface area (Å²) in [6.45, 7) is 2.67. The Morgan fingerprint density at radius 2 is 1.77 bits per heavy atom. The maximum absolute atomic E-state index is 12.5. The Morgan fingerprint density at radius 3 is 2.49 bits per heavy atom. The highest BCUT2D eigenvalue weighted by Crippen LogP contribution is 2.33. The molecule has 0 saturated heterocycles. The Kier molecular flexibility index (Phi) is 7.47. The number of carbonyl (C=O) groups is 1. The van der Waals surface area contributed by atoms with E-state index in [4.69, 9.17) is 30.8 Å². The molecule has 9 heteroatoms. The summed E-state index contributed by atoms with van der Waals surface area (Å²) in [6.07, 6.45) is 0.917. The monoisotopic (exact) mass is 491 g/mol. The van der Waals surface area contributed by atoms with Gasteiger partial charge < -0.3 is 23.9 Å². The molecule has 0 radical (unpaired) electrons. The summed E-state index contributed by atoms with van der Waals surface area (Å²) in [5.41, 5.74) is 3.14. The molecule has 0 unspecified atom stereocenters. The van der Waals surface area contributed by atoms with Crippen molar-refractivity contribution in [2.24, 2.45) is 0 Å². The molecule has 0 fully saturated rings. The number of ether oxygens (including phenoxy) is 3. The molecule has 1 amide bonds. The number of hydrogen-bond acceptors (Lipinski definition) is 7. The molecule has 1 aromatic heterocycles. The van der Waals surface area contributed by atoms with Gasteiger partial charge in [-0.3, -0.25) is 10.1 Å². The molecule has 0 spiro atoms. The molecule has 0 saturated carbocycles. The number of benzene rings is 3. The summed E-state index contributed by atoms with van der Waals surface area (Å²) in [4.78, 5) is 17.1. The van der Waals surface area contributed by atoms with Gasteiger partial charge >= 0.3 is 0 Å². The van der Waals surface area contributed by atoms with Crippen LogP contribution in [0.3, 0.4) is 0 Å². The number of hydrogen-bond donors (Lipinski definition) is 2. The highest BCUT2D eigenvalue weighted by molar-refractivity contribution is 7.80. The first kappa shape index (κ1) is 24.0. The predicted octanol–water partition coefficient (Wildman–Crippen LogP) is 5.43. The average Bonchev–Trinajstić information content (AvgIpc) is 3.30. The minimum absolute atomic E-state index is 0.171. The number of thiocarbonyl (C=S) groups is 1. The van der Waals surface area contributed by atoms with Gasteiger partial charge in [0.05, 0.1) is 20.8 Å². The van der Waals surface area contributed by atoms with Crippen LogP contribution in [-0.4, -0.2) is 36.8 Å². The Labute approximate surface area is 208 Å². The van der Waals surface area contributed by atoms with Gasteiger partial charge in [0.15, 0.2) is 22.2 Å². The van der Waals surface area contributed by atoms with Gasteiger partial charge in [-0.25, -0.2) is 4.98 Å². The number of carbonyl (C=O) groups excluding carboxylic acids is 1. The standard InChI is InChI=1S/C26H25N3O5S/c1-4-13-33-19-9-5-16(6-10-19)24(30)29-26(35)27-18-8-12-21-20(15-18)28-25(34-21)17-7-11-22(31-2)23(14-17)32-3/h5-12,14-15H,4,13H2,1-3H3,(H2,27,29,30,35). The summed E-state index contributed by atoms with van der Waals surface area (Å²) in [5.74, 6) is 2.05. The summed E-state index contributed by atoms with van der Waals surface area (Å²) >= 11 is 5.31. The van der Waals surface area contributed by atoms with Crippen LogP contribution in [0, 0.1) is 0 Å². The zero-order valence-electron chi connectivity index (χ0n) is 19.6. The number of methoxy groups -OCH3 is 2. The third kappa shape index (κ3) is 5.70. The van der Waals surface area contributed by atoms with Crippen molar-refractivity contribution in [3.05, 3.63) is 66.2 Å². The van der Waals surface area contributed by atoms with Gasteiger partial charge in [-0.05, 0) is 79.3 Å². The lowest BCUT2D eigenvalue weighted by atomic mass is 10.2. The number of nitrogens with zero attached hydrogens (tertiary/aromatic N) is 1. The Bertz CT molecular complexity index is 1350. The van der Waals surface area contributed by atoms with Crippen molar-refractivity contribution >= 4 is 40.0 Å². The molecular weight excluding hydrogens is 466 g/mol. The second kappa shape index (κ2) is 10.9. The van der Waals surface area contributed by atoms with E-state index in [-0.39, 0.29) is 11.0 Å². The van der Waals surface area contributed by atoms with Crippen LogP contribution in [0.2, 0.25) is 0 Å². The Balaban J connectivity index is 1.43. The van der Waals surface area contributed by atoms with Crippen LogP contribution < -0.4 is 24.8 Å². The Hall–Kier alpha value is -4.11. The quantitative estimate of drug-likeness (QED) is 0.315. The molecule has 4 aromatic rings. The van der Waals surface area contributed by atoms with E-state index < -0.39 is 0 Å². The molecule has 35 heavy (non-hydrogen) atoms. The predicted molar refractivity (Wildman–Crippen MR) is 138 cm³/mol. The number of amides is 1. The number of rotatable bonds is 8. The topological polar surface area (TPSA) is 94.9 Å². The van der Waals surface area contributed by atoms with Crippen molar-refractivity contribution in [1.29, 1.82) is 0 Å². The summed E-state index contributed by atoms with van der Waals surface area (Å²) in [5, 5.41) is 5.86. The summed E-state index contributed by atoms with van der Waals surface area (Å²) in [6, 6.07) is 17.7. The van der Waals surface area contributed by atoms with E-state index in [1.54, 1.807) is 68.8 Å². The van der Waals surface area contributed by atoms with Gasteiger partial charge in [-0.2, -0.15) is 0 Å². The summed E-state index contributed by atoms with van der Waals surface area (Å²) in [7, 11) is 3.15. The molecule has 2 N–H and O–H groups in total. The van der Waals surface area contributed by atoms with E-state index in [1.165, 1.54) is 0 Å². The van der Waals surface area contributed by atoms with E-state index in [0.717, 1.165) is 17.7 Å². The van der Waals surface area contributed by atoms with E-state index >= 15 is 0 Å². The van der Waals surface area contributed by atoms with Crippen LogP contribution in [0.1, 0.15) is 23.7 Å². The average molecular weight is 492 g/mol. The first-order chi connectivity index (χ1) is 17.0. The van der Waals surface area contributed by atoms with Crippen LogP contribution in [-0.2, 0) is 0 Å². The van der Waals surface area contributed by atoms with Crippen molar-refractivity contribution in [3.63, 3.8) is 0 Å². The molecule has 0 aliphatic rings. The van der Waals surface area contributed by atoms with Crippen molar-refractivity contribution in [3.8, 4) is 28.7 Å². The van der Waals surface area contributed by atoms with E-state index in [0.29, 0.717) is 46.3 Å². The van der Waals surface area contributed by atoms with E-state index in [9.17, 15) is 4.79 Å². The zero-order chi connectivity index (χ0) is 24.8. The summed E-state index contributed by atoms with van der Waals surface area (Å²) < 4.78 is 22.1. The van der Waals surface area contributed by atoms with Gasteiger partial charge in [0.25, 0.3) is 5.91 Å². The minimum atomic E-state index is -0.317. The number of oxazole rings is 1. The molecule has 4 rings (SSSR count). The minimum Gasteiger partial charge on any atom is -0.494 e. The molecule has 8 nitrogen and oxygen atoms in total. The third-order valence-electron chi connectivity index (χ3n) is 5.09. The molecule has 0 aliphatic carbocycles. The van der Waals surface area contributed by atoms with Crippen LogP contribution in [0.4, 0.5) is 5.69 Å². The number of anilines is 1. The highest BCUT2D eigenvalue weighted by atomic mass is 32.1. The second-order valence-corrected chi connectivity index (χ2v) is 7.96. The molecule has 3 aromatic carbocycles. The van der Waals surface area contributed by atoms with Crippen molar-refractivity contribution < 1.29 is 23.4 Å². The van der Waals surface area contributed by atoms with Crippen molar-refractivity contribution in [1.82, 2.24) is 10.3 Å². The SMILES string of the molecule is CCCOc1ccc(C(=O)NC(=S)Nc2ccc3oc(-c4ccc(OC)c(OC)c4)nc3c2)cc1. The van der Waals surface area contributed by atoms with E-state index in [1.807, 2.05) is 13.0 Å². The first-order valence-corrected chi connectivity index (χ1v) is 11.4. The largest absolute Gasteiger partial charge is 0.494 e. The normalized spacial score (nSPS) is 10.6. The van der Waals surface area contributed by atoms with Crippen molar-refractivity contribution in [2.75, 3.05) is 26.1 Å². The zero-order valence-corrected chi connectivity index (χ0v) is 20.4. The van der Waals surface area contributed by atoms with Gasteiger partial charge in [0, 0.05) is 16.8 Å². The second-order valence-electron chi connectivity index (χ2n) is 7.55. The molecule has 1 heterocycles. The lowest BCUT2D eigenvalue weighted by molar-refractivity contribution is 0.0977. The maximum atomic E-state index is 12.5. The molecule has 0 atom stereocenters. The molecule has 0 aliphatic heterocycles. The van der Waals surface area contributed by atoms with Gasteiger partial charge in [-0.15, -0.1) is 0 Å². The molecule has 0 bridgehead atoms. The Morgan fingerprint density at radius 1 is 1.00 bits per heavy atom. The lowest BCUT2D eigenvalue weighted by Crippen LogP contribution is -2.34. The van der Waals surface area contributed by atoms with Crippen LogP contribution in [0.5, 0.6) is 17.2 Å². The fourth-order valence-corrected chi connectivity index (χ4v) is 3.57.